The highest BCUT2D eigenvalue weighted by molar-refractivity contribution is 6.20. The molecular weight excluding hydrogens is 396 g/mol. The van der Waals surface area contributed by atoms with Crippen LogP contribution in [-0.4, -0.2) is 29.1 Å². The molecule has 5 rings (SSSR count). The molecule has 5 heteroatoms. The molecule has 0 aliphatic heterocycles. The molecule has 0 aliphatic rings. The van der Waals surface area contributed by atoms with Crippen LogP contribution in [-0.2, 0) is 6.54 Å². The lowest BCUT2D eigenvalue weighted by molar-refractivity contribution is 0.293. The van der Waals surface area contributed by atoms with Crippen LogP contribution in [0.1, 0.15) is 13.8 Å². The fourth-order valence-electron chi connectivity index (χ4n) is 4.48. The largest absolute Gasteiger partial charge is 0.420 e. The number of fused-ring (bicyclic) bond motifs is 7. The average Bonchev–Trinajstić information content (AvgIpc) is 3.09. The van der Waals surface area contributed by atoms with Gasteiger partial charge in [0, 0.05) is 29.2 Å². The molecular formula is C25H25ClN2O2. The zero-order chi connectivity index (χ0) is 20.0. The van der Waals surface area contributed by atoms with Crippen LogP contribution in [0.15, 0.2) is 69.9 Å². The van der Waals surface area contributed by atoms with E-state index in [9.17, 15) is 4.79 Å². The van der Waals surface area contributed by atoms with Crippen LogP contribution in [0, 0.1) is 0 Å². The van der Waals surface area contributed by atoms with E-state index in [0.717, 1.165) is 48.0 Å². The van der Waals surface area contributed by atoms with E-state index in [2.05, 4.69) is 59.7 Å². The van der Waals surface area contributed by atoms with Gasteiger partial charge in [-0.15, -0.1) is 12.4 Å². The summed E-state index contributed by atoms with van der Waals surface area (Å²) in [5.74, 6) is 0. The lowest BCUT2D eigenvalue weighted by atomic mass is 10.1. The maximum atomic E-state index is 12.7. The Bertz CT molecular complexity index is 1410. The second kappa shape index (κ2) is 8.13. The number of rotatable bonds is 5. The van der Waals surface area contributed by atoms with Gasteiger partial charge in [0.2, 0.25) is 0 Å². The van der Waals surface area contributed by atoms with Gasteiger partial charge >= 0.3 is 5.63 Å². The molecule has 0 fully saturated rings. The Hall–Kier alpha value is -2.82. The number of nitrogens with zero attached hydrogens (tertiary/aromatic N) is 2. The van der Waals surface area contributed by atoms with Crippen molar-refractivity contribution in [1.82, 2.24) is 9.47 Å². The molecule has 0 aliphatic carbocycles. The van der Waals surface area contributed by atoms with Gasteiger partial charge in [-0.1, -0.05) is 62.4 Å². The van der Waals surface area contributed by atoms with Crippen LogP contribution in [0.5, 0.6) is 0 Å². The van der Waals surface area contributed by atoms with Gasteiger partial charge in [-0.25, -0.2) is 4.79 Å². The van der Waals surface area contributed by atoms with Crippen LogP contribution in [0.3, 0.4) is 0 Å². The zero-order valence-electron chi connectivity index (χ0n) is 17.2. The third-order valence-corrected chi connectivity index (χ3v) is 6.03. The molecule has 3 aromatic carbocycles. The molecule has 0 saturated heterocycles. The van der Waals surface area contributed by atoms with E-state index in [-0.39, 0.29) is 18.0 Å². The highest BCUT2D eigenvalue weighted by atomic mass is 35.5. The van der Waals surface area contributed by atoms with E-state index < -0.39 is 0 Å². The molecule has 2 heterocycles. The Morgan fingerprint density at radius 1 is 0.800 bits per heavy atom. The Morgan fingerprint density at radius 3 is 2.20 bits per heavy atom. The fraction of sp³-hybridized carbons (Fsp3) is 0.240. The Kier molecular flexibility index (Phi) is 5.54. The van der Waals surface area contributed by atoms with Crippen LogP contribution < -0.4 is 5.63 Å². The first-order valence-electron chi connectivity index (χ1n) is 10.3. The number of hydrogen-bond donors (Lipinski definition) is 0. The van der Waals surface area contributed by atoms with E-state index in [1.807, 2.05) is 24.3 Å². The number of hydrogen-bond acceptors (Lipinski definition) is 3. The molecule has 0 N–H and O–H groups in total. The minimum atomic E-state index is -0.274. The molecule has 5 aromatic rings. The first-order chi connectivity index (χ1) is 14.2. The van der Waals surface area contributed by atoms with Gasteiger partial charge in [0.25, 0.3) is 0 Å². The normalized spacial score (nSPS) is 11.7. The SMILES string of the molecule is CCN(CC)CCn1c2c3ccccc3ccc2c2oc(=O)c3ccccc3c21.Cl. The highest BCUT2D eigenvalue weighted by Gasteiger charge is 2.19. The highest BCUT2D eigenvalue weighted by Crippen LogP contribution is 2.36. The number of likely N-dealkylation sites (N-methyl/N-ethyl adjacent to an activating group) is 1. The first kappa shape index (κ1) is 20.5. The van der Waals surface area contributed by atoms with Gasteiger partial charge < -0.3 is 13.9 Å². The van der Waals surface area contributed by atoms with Crippen molar-refractivity contribution in [2.45, 2.75) is 20.4 Å². The second-order valence-electron chi connectivity index (χ2n) is 7.47. The summed E-state index contributed by atoms with van der Waals surface area (Å²) < 4.78 is 8.24. The van der Waals surface area contributed by atoms with Crippen LogP contribution in [0.25, 0.3) is 43.5 Å². The maximum Gasteiger partial charge on any atom is 0.344 e. The van der Waals surface area contributed by atoms with Crippen LogP contribution >= 0.6 is 12.4 Å². The van der Waals surface area contributed by atoms with Gasteiger partial charge in [-0.05, 0) is 30.6 Å². The molecule has 0 amide bonds. The van der Waals surface area contributed by atoms with Gasteiger partial charge in [-0.2, -0.15) is 0 Å². The van der Waals surface area contributed by atoms with Crippen molar-refractivity contribution in [3.63, 3.8) is 0 Å². The van der Waals surface area contributed by atoms with E-state index >= 15 is 0 Å². The van der Waals surface area contributed by atoms with E-state index in [4.69, 9.17) is 4.42 Å². The Labute approximate surface area is 181 Å². The third kappa shape index (κ3) is 3.08. The Morgan fingerprint density at radius 2 is 1.47 bits per heavy atom. The Balaban J connectivity index is 0.00000218. The summed E-state index contributed by atoms with van der Waals surface area (Å²) >= 11 is 0. The van der Waals surface area contributed by atoms with Crippen LogP contribution in [0.2, 0.25) is 0 Å². The summed E-state index contributed by atoms with van der Waals surface area (Å²) in [6.45, 7) is 8.21. The van der Waals surface area contributed by atoms with Crippen molar-refractivity contribution in [2.75, 3.05) is 19.6 Å². The van der Waals surface area contributed by atoms with E-state index in [0.29, 0.717) is 11.0 Å². The first-order valence-corrected chi connectivity index (χ1v) is 10.3. The molecule has 154 valence electrons. The minimum absolute atomic E-state index is 0. The fourth-order valence-corrected chi connectivity index (χ4v) is 4.48. The van der Waals surface area contributed by atoms with Crippen molar-refractivity contribution in [3.05, 3.63) is 71.1 Å². The predicted octanol–water partition coefficient (Wildman–Crippen LogP) is 5.82. The molecule has 30 heavy (non-hydrogen) atoms. The monoisotopic (exact) mass is 420 g/mol. The predicted molar refractivity (Wildman–Crippen MR) is 128 cm³/mol. The summed E-state index contributed by atoms with van der Waals surface area (Å²) in [6.07, 6.45) is 0. The summed E-state index contributed by atoms with van der Waals surface area (Å²) in [4.78, 5) is 15.1. The van der Waals surface area contributed by atoms with E-state index in [1.54, 1.807) is 0 Å². The zero-order valence-corrected chi connectivity index (χ0v) is 18.0. The second-order valence-corrected chi connectivity index (χ2v) is 7.47. The van der Waals surface area contributed by atoms with Crippen LogP contribution in [0.4, 0.5) is 0 Å². The summed E-state index contributed by atoms with van der Waals surface area (Å²) in [7, 11) is 0. The standard InChI is InChI=1S/C25H24N2O2.ClH/c1-3-26(4-2)15-16-27-22-18-10-6-5-9-17(18)13-14-21(22)24-23(27)19-11-7-8-12-20(19)25(28)29-24;/h5-14H,3-4,15-16H2,1-2H3;1H. The number of halogens is 1. The molecule has 4 nitrogen and oxygen atoms in total. The van der Waals surface area contributed by atoms with Gasteiger partial charge in [0.05, 0.1) is 16.4 Å². The lowest BCUT2D eigenvalue weighted by Gasteiger charge is -2.19. The minimum Gasteiger partial charge on any atom is -0.420 e. The van der Waals surface area contributed by atoms with Crippen molar-refractivity contribution >= 4 is 56.0 Å². The van der Waals surface area contributed by atoms with E-state index in [1.165, 1.54) is 10.8 Å². The molecule has 0 radical (unpaired) electrons. The van der Waals surface area contributed by atoms with Crippen molar-refractivity contribution in [3.8, 4) is 0 Å². The average molecular weight is 421 g/mol. The van der Waals surface area contributed by atoms with Gasteiger partial charge in [0.15, 0.2) is 5.58 Å². The summed E-state index contributed by atoms with van der Waals surface area (Å²) in [5, 5.41) is 4.97. The molecule has 0 saturated carbocycles. The quantitative estimate of drug-likeness (QED) is 0.359. The summed E-state index contributed by atoms with van der Waals surface area (Å²) in [5.41, 5.74) is 2.57. The van der Waals surface area contributed by atoms with Crippen molar-refractivity contribution < 1.29 is 4.42 Å². The molecule has 0 bridgehead atoms. The van der Waals surface area contributed by atoms with Crippen molar-refractivity contribution in [2.24, 2.45) is 0 Å². The summed E-state index contributed by atoms with van der Waals surface area (Å²) in [6, 6.07) is 20.4. The molecule has 0 unspecified atom stereocenters. The van der Waals surface area contributed by atoms with Crippen molar-refractivity contribution in [1.29, 1.82) is 0 Å². The van der Waals surface area contributed by atoms with Gasteiger partial charge in [0.1, 0.15) is 0 Å². The van der Waals surface area contributed by atoms with Gasteiger partial charge in [-0.3, -0.25) is 0 Å². The smallest absolute Gasteiger partial charge is 0.344 e. The maximum absolute atomic E-state index is 12.7. The topological polar surface area (TPSA) is 38.4 Å². The molecule has 2 aromatic heterocycles. The lowest BCUT2D eigenvalue weighted by Crippen LogP contribution is -2.27. The third-order valence-electron chi connectivity index (χ3n) is 6.03. The molecule has 0 spiro atoms. The number of aromatic nitrogens is 1. The number of benzene rings is 3. The molecule has 0 atom stereocenters.